The first-order chi connectivity index (χ1) is 9.49. The van der Waals surface area contributed by atoms with Gasteiger partial charge in [-0.1, -0.05) is 19.8 Å². The van der Waals surface area contributed by atoms with E-state index in [1.54, 1.807) is 0 Å². The Kier molecular flexibility index (Phi) is 9.16. The van der Waals surface area contributed by atoms with Crippen molar-refractivity contribution in [3.05, 3.63) is 38.3 Å². The van der Waals surface area contributed by atoms with Gasteiger partial charge in [0.25, 0.3) is 11.6 Å². The molecule has 1 atom stereocenters. The average Bonchev–Trinajstić information content (AvgIpc) is 2.42. The van der Waals surface area contributed by atoms with Gasteiger partial charge in [0.05, 0.1) is 10.5 Å². The number of nitrogens with two attached hydrogens (primary N) is 1. The fourth-order valence-corrected chi connectivity index (χ4v) is 2.31. The number of nitrogens with zero attached hydrogens (tertiary/aromatic N) is 1. The molecule has 6 nitrogen and oxygen atoms in total. The lowest BCUT2D eigenvalue weighted by molar-refractivity contribution is -0.384. The van der Waals surface area contributed by atoms with Crippen LogP contribution in [0.4, 0.5) is 5.69 Å². The molecule has 0 aliphatic rings. The van der Waals surface area contributed by atoms with Crippen molar-refractivity contribution in [3.63, 3.8) is 0 Å². The van der Waals surface area contributed by atoms with E-state index in [0.29, 0.717) is 16.6 Å². The van der Waals surface area contributed by atoms with E-state index in [0.717, 1.165) is 19.3 Å². The summed E-state index contributed by atoms with van der Waals surface area (Å²) in [7, 11) is 0. The quantitative estimate of drug-likeness (QED) is 0.561. The van der Waals surface area contributed by atoms with Crippen LogP contribution in [0.5, 0.6) is 0 Å². The largest absolute Gasteiger partial charge is 0.348 e. The Bertz CT molecular complexity index is 500. The second-order valence-corrected chi connectivity index (χ2v) is 5.32. The van der Waals surface area contributed by atoms with Crippen LogP contribution < -0.4 is 11.1 Å². The second kappa shape index (κ2) is 9.70. The number of hydrogen-bond donors (Lipinski definition) is 2. The third kappa shape index (κ3) is 5.99. The summed E-state index contributed by atoms with van der Waals surface area (Å²) in [6.45, 7) is 2.44. The van der Waals surface area contributed by atoms with Gasteiger partial charge in [0, 0.05) is 29.2 Å². The highest BCUT2D eigenvalue weighted by Gasteiger charge is 2.17. The van der Waals surface area contributed by atoms with E-state index in [4.69, 9.17) is 5.73 Å². The number of nitro benzene ring substituents is 1. The molecule has 1 unspecified atom stereocenters. The first kappa shape index (κ1) is 19.8. The number of unbranched alkanes of at least 4 members (excludes halogenated alkanes) is 1. The van der Waals surface area contributed by atoms with Crippen molar-refractivity contribution < 1.29 is 9.72 Å². The van der Waals surface area contributed by atoms with Gasteiger partial charge in [-0.15, -0.1) is 12.4 Å². The van der Waals surface area contributed by atoms with Crippen molar-refractivity contribution in [2.45, 2.75) is 32.2 Å². The second-order valence-electron chi connectivity index (χ2n) is 4.47. The molecule has 1 aromatic carbocycles. The number of benzene rings is 1. The molecule has 1 rings (SSSR count). The molecule has 0 spiro atoms. The number of carbonyl (C=O) groups is 1. The Morgan fingerprint density at radius 1 is 1.52 bits per heavy atom. The summed E-state index contributed by atoms with van der Waals surface area (Å²) in [5.41, 5.74) is 5.93. The number of amides is 1. The first-order valence-corrected chi connectivity index (χ1v) is 7.23. The molecule has 3 N–H and O–H groups in total. The van der Waals surface area contributed by atoms with Gasteiger partial charge < -0.3 is 11.1 Å². The SMILES string of the molecule is CCCCC(CN)NC(=O)c1ccc([N+](=O)[O-])cc1Br.Cl. The molecule has 0 heterocycles. The number of carbonyl (C=O) groups excluding carboxylic acids is 1. The number of rotatable bonds is 7. The van der Waals surface area contributed by atoms with E-state index in [2.05, 4.69) is 28.2 Å². The maximum Gasteiger partial charge on any atom is 0.270 e. The normalized spacial score (nSPS) is 11.4. The maximum atomic E-state index is 12.1. The van der Waals surface area contributed by atoms with Crippen LogP contribution in [0.2, 0.25) is 0 Å². The first-order valence-electron chi connectivity index (χ1n) is 6.44. The van der Waals surface area contributed by atoms with Gasteiger partial charge in [-0.3, -0.25) is 14.9 Å². The Morgan fingerprint density at radius 2 is 2.19 bits per heavy atom. The lowest BCUT2D eigenvalue weighted by Crippen LogP contribution is -2.40. The van der Waals surface area contributed by atoms with Gasteiger partial charge in [0.15, 0.2) is 0 Å². The Morgan fingerprint density at radius 3 is 2.67 bits per heavy atom. The molecule has 21 heavy (non-hydrogen) atoms. The van der Waals surface area contributed by atoms with Crippen LogP contribution in [0.25, 0.3) is 0 Å². The summed E-state index contributed by atoms with van der Waals surface area (Å²) in [4.78, 5) is 22.3. The zero-order valence-corrected chi connectivity index (χ0v) is 14.1. The molecule has 0 fully saturated rings. The van der Waals surface area contributed by atoms with E-state index >= 15 is 0 Å². The number of halogens is 2. The highest BCUT2D eigenvalue weighted by molar-refractivity contribution is 9.10. The van der Waals surface area contributed by atoms with Gasteiger partial charge in [-0.25, -0.2) is 0 Å². The van der Waals surface area contributed by atoms with Gasteiger partial charge in [-0.05, 0) is 28.4 Å². The van der Waals surface area contributed by atoms with Crippen molar-refractivity contribution in [3.8, 4) is 0 Å². The van der Waals surface area contributed by atoms with Crippen molar-refractivity contribution in [2.75, 3.05) is 6.54 Å². The zero-order valence-electron chi connectivity index (χ0n) is 11.7. The van der Waals surface area contributed by atoms with Crippen LogP contribution in [-0.2, 0) is 0 Å². The number of non-ortho nitro benzene ring substituents is 1. The molecular weight excluding hydrogens is 362 g/mol. The summed E-state index contributed by atoms with van der Waals surface area (Å²) in [6, 6.07) is 3.98. The fourth-order valence-electron chi connectivity index (χ4n) is 1.76. The van der Waals surface area contributed by atoms with Gasteiger partial charge in [0.1, 0.15) is 0 Å². The number of nitrogens with one attached hydrogen (secondary N) is 1. The molecule has 1 amide bonds. The molecule has 0 aliphatic heterocycles. The smallest absolute Gasteiger partial charge is 0.270 e. The fraction of sp³-hybridized carbons (Fsp3) is 0.462. The predicted octanol–water partition coefficient (Wildman–Crippen LogP) is 3.03. The molecule has 0 bridgehead atoms. The molecule has 8 heteroatoms. The third-order valence-electron chi connectivity index (χ3n) is 2.93. The molecular formula is C13H19BrClN3O3. The molecule has 0 aromatic heterocycles. The van der Waals surface area contributed by atoms with Crippen molar-refractivity contribution in [1.29, 1.82) is 0 Å². The van der Waals surface area contributed by atoms with Gasteiger partial charge in [-0.2, -0.15) is 0 Å². The Labute approximate surface area is 138 Å². The molecule has 118 valence electrons. The molecule has 1 aromatic rings. The van der Waals surface area contributed by atoms with E-state index in [-0.39, 0.29) is 30.0 Å². The monoisotopic (exact) mass is 379 g/mol. The van der Waals surface area contributed by atoms with Gasteiger partial charge in [0.2, 0.25) is 0 Å². The third-order valence-corrected chi connectivity index (χ3v) is 3.59. The van der Waals surface area contributed by atoms with Crippen LogP contribution in [-0.4, -0.2) is 23.4 Å². The number of nitro groups is 1. The predicted molar refractivity (Wildman–Crippen MR) is 87.9 cm³/mol. The Balaban J connectivity index is 0.00000400. The highest BCUT2D eigenvalue weighted by atomic mass is 79.9. The summed E-state index contributed by atoms with van der Waals surface area (Å²) in [6.07, 6.45) is 2.85. The molecule has 0 saturated heterocycles. The van der Waals surface area contributed by atoms with Crippen LogP contribution in [0, 0.1) is 10.1 Å². The zero-order chi connectivity index (χ0) is 15.1. The van der Waals surface area contributed by atoms with E-state index in [9.17, 15) is 14.9 Å². The summed E-state index contributed by atoms with van der Waals surface area (Å²) < 4.78 is 0.399. The maximum absolute atomic E-state index is 12.1. The summed E-state index contributed by atoms with van der Waals surface area (Å²) in [5.74, 6) is -0.279. The average molecular weight is 381 g/mol. The summed E-state index contributed by atoms with van der Waals surface area (Å²) >= 11 is 3.18. The van der Waals surface area contributed by atoms with E-state index in [1.165, 1.54) is 18.2 Å². The topological polar surface area (TPSA) is 98.3 Å². The molecule has 0 saturated carbocycles. The van der Waals surface area contributed by atoms with E-state index in [1.807, 2.05) is 0 Å². The molecule has 0 aliphatic carbocycles. The minimum atomic E-state index is -0.504. The van der Waals surface area contributed by atoms with Crippen LogP contribution >= 0.6 is 28.3 Å². The van der Waals surface area contributed by atoms with Crippen LogP contribution in [0.3, 0.4) is 0 Å². The number of hydrogen-bond acceptors (Lipinski definition) is 4. The van der Waals surface area contributed by atoms with Crippen molar-refractivity contribution >= 4 is 39.9 Å². The Hall–Kier alpha value is -1.18. The highest BCUT2D eigenvalue weighted by Crippen LogP contribution is 2.23. The minimum absolute atomic E-state index is 0. The van der Waals surface area contributed by atoms with Crippen molar-refractivity contribution in [1.82, 2.24) is 5.32 Å². The summed E-state index contributed by atoms with van der Waals surface area (Å²) in [5, 5.41) is 13.5. The van der Waals surface area contributed by atoms with Crippen LogP contribution in [0.1, 0.15) is 36.5 Å². The molecule has 0 radical (unpaired) electrons. The lowest BCUT2D eigenvalue weighted by Gasteiger charge is -2.16. The van der Waals surface area contributed by atoms with E-state index < -0.39 is 4.92 Å². The van der Waals surface area contributed by atoms with Crippen LogP contribution in [0.15, 0.2) is 22.7 Å². The van der Waals surface area contributed by atoms with Crippen molar-refractivity contribution in [2.24, 2.45) is 5.73 Å². The lowest BCUT2D eigenvalue weighted by atomic mass is 10.1. The minimum Gasteiger partial charge on any atom is -0.348 e. The standard InChI is InChI=1S/C13H18BrN3O3.ClH/c1-2-3-4-9(8-15)16-13(18)11-6-5-10(17(19)20)7-12(11)14;/h5-7,9H,2-4,8,15H2,1H3,(H,16,18);1H. The van der Waals surface area contributed by atoms with Gasteiger partial charge >= 0.3 is 0 Å².